The standard InChI is InChI=1S/C11H14N4O3/c12-9-2-1-8(7-14-9)10(16)18-11(17)15-5-3-13-4-6-15/h1-2,7,13H,3-6H2,(H2,12,14). The Hall–Kier alpha value is -2.15. The van der Waals surface area contributed by atoms with E-state index in [1.165, 1.54) is 23.2 Å². The minimum absolute atomic E-state index is 0.202. The zero-order chi connectivity index (χ0) is 13.0. The maximum atomic E-state index is 11.7. The van der Waals surface area contributed by atoms with Crippen molar-refractivity contribution in [3.05, 3.63) is 23.9 Å². The molecule has 0 aliphatic carbocycles. The summed E-state index contributed by atoms with van der Waals surface area (Å²) in [5, 5.41) is 3.10. The van der Waals surface area contributed by atoms with Gasteiger partial charge in [0.2, 0.25) is 0 Å². The monoisotopic (exact) mass is 250 g/mol. The van der Waals surface area contributed by atoms with Crippen LogP contribution in [0.2, 0.25) is 0 Å². The number of esters is 1. The van der Waals surface area contributed by atoms with Crippen LogP contribution in [0.3, 0.4) is 0 Å². The number of pyridine rings is 1. The Kier molecular flexibility index (Phi) is 3.73. The summed E-state index contributed by atoms with van der Waals surface area (Å²) >= 11 is 0. The van der Waals surface area contributed by atoms with Crippen molar-refractivity contribution in [2.75, 3.05) is 31.9 Å². The SMILES string of the molecule is Nc1ccc(C(=O)OC(=O)N2CCNCC2)cn1. The predicted molar refractivity (Wildman–Crippen MR) is 63.9 cm³/mol. The van der Waals surface area contributed by atoms with Gasteiger partial charge in [0.15, 0.2) is 0 Å². The lowest BCUT2D eigenvalue weighted by molar-refractivity contribution is 0.0532. The summed E-state index contributed by atoms with van der Waals surface area (Å²) in [5.74, 6) is -0.411. The van der Waals surface area contributed by atoms with Gasteiger partial charge in [0.05, 0.1) is 5.56 Å². The van der Waals surface area contributed by atoms with E-state index in [9.17, 15) is 9.59 Å². The summed E-state index contributed by atoms with van der Waals surface area (Å²) in [6.07, 6.45) is 0.654. The van der Waals surface area contributed by atoms with Crippen molar-refractivity contribution < 1.29 is 14.3 Å². The normalized spacial score (nSPS) is 15.2. The second-order valence-corrected chi connectivity index (χ2v) is 3.86. The van der Waals surface area contributed by atoms with Crippen molar-refractivity contribution in [1.29, 1.82) is 0 Å². The minimum Gasteiger partial charge on any atom is -0.384 e. The van der Waals surface area contributed by atoms with Gasteiger partial charge in [0.1, 0.15) is 5.82 Å². The van der Waals surface area contributed by atoms with Gasteiger partial charge in [0.25, 0.3) is 0 Å². The van der Waals surface area contributed by atoms with Crippen LogP contribution in [-0.4, -0.2) is 48.1 Å². The number of aromatic nitrogens is 1. The molecule has 1 aliphatic heterocycles. The van der Waals surface area contributed by atoms with Gasteiger partial charge in [-0.25, -0.2) is 14.6 Å². The molecule has 0 spiro atoms. The molecular formula is C11H14N4O3. The molecule has 18 heavy (non-hydrogen) atoms. The topological polar surface area (TPSA) is 97.6 Å². The molecule has 1 aromatic rings. The predicted octanol–water partition coefficient (Wildman–Crippen LogP) is -0.154. The number of ether oxygens (including phenoxy) is 1. The first-order chi connectivity index (χ1) is 8.66. The van der Waals surface area contributed by atoms with Gasteiger partial charge in [-0.05, 0) is 12.1 Å². The molecule has 1 saturated heterocycles. The Labute approximate surface area is 104 Å². The number of nitrogens with two attached hydrogens (primary N) is 1. The molecule has 2 rings (SSSR count). The van der Waals surface area contributed by atoms with Crippen LogP contribution in [0.15, 0.2) is 18.3 Å². The molecule has 1 aromatic heterocycles. The molecule has 0 unspecified atom stereocenters. The number of carbonyl (C=O) groups is 2. The number of hydrogen-bond acceptors (Lipinski definition) is 6. The summed E-state index contributed by atoms with van der Waals surface area (Å²) in [4.78, 5) is 28.5. The van der Waals surface area contributed by atoms with Gasteiger partial charge in [-0.15, -0.1) is 0 Å². The van der Waals surface area contributed by atoms with Crippen LogP contribution in [0.25, 0.3) is 0 Å². The van der Waals surface area contributed by atoms with Crippen molar-refractivity contribution in [3.63, 3.8) is 0 Å². The van der Waals surface area contributed by atoms with Crippen LogP contribution in [0.4, 0.5) is 10.6 Å². The molecule has 0 radical (unpaired) electrons. The second kappa shape index (κ2) is 5.46. The number of nitrogens with one attached hydrogen (secondary N) is 1. The van der Waals surface area contributed by atoms with Gasteiger partial charge in [-0.1, -0.05) is 0 Å². The van der Waals surface area contributed by atoms with Gasteiger partial charge in [-0.2, -0.15) is 0 Å². The number of nitrogens with zero attached hydrogens (tertiary/aromatic N) is 2. The van der Waals surface area contributed by atoms with E-state index >= 15 is 0 Å². The van der Waals surface area contributed by atoms with E-state index in [-0.39, 0.29) is 5.56 Å². The highest BCUT2D eigenvalue weighted by Crippen LogP contribution is 2.05. The lowest BCUT2D eigenvalue weighted by Crippen LogP contribution is -2.47. The van der Waals surface area contributed by atoms with E-state index < -0.39 is 12.1 Å². The Morgan fingerprint density at radius 1 is 1.33 bits per heavy atom. The summed E-state index contributed by atoms with van der Waals surface area (Å²) in [7, 11) is 0. The maximum absolute atomic E-state index is 11.7. The molecule has 0 aromatic carbocycles. The molecule has 1 amide bonds. The number of carbonyl (C=O) groups excluding carboxylic acids is 2. The number of rotatable bonds is 1. The molecule has 1 aliphatic rings. The van der Waals surface area contributed by atoms with E-state index in [0.29, 0.717) is 32.0 Å². The van der Waals surface area contributed by atoms with Crippen LogP contribution in [0, 0.1) is 0 Å². The smallest absolute Gasteiger partial charge is 0.384 e. The van der Waals surface area contributed by atoms with E-state index in [1.807, 2.05) is 0 Å². The maximum Gasteiger partial charge on any atom is 0.417 e. The van der Waals surface area contributed by atoms with E-state index in [2.05, 4.69) is 10.3 Å². The van der Waals surface area contributed by atoms with Crippen molar-refractivity contribution in [3.8, 4) is 0 Å². The fraction of sp³-hybridized carbons (Fsp3) is 0.364. The van der Waals surface area contributed by atoms with Crippen LogP contribution < -0.4 is 11.1 Å². The zero-order valence-corrected chi connectivity index (χ0v) is 9.76. The third kappa shape index (κ3) is 2.95. The first kappa shape index (κ1) is 12.3. The van der Waals surface area contributed by atoms with Gasteiger partial charge in [0, 0.05) is 32.4 Å². The number of amides is 1. The average molecular weight is 250 g/mol. The molecular weight excluding hydrogens is 236 g/mol. The first-order valence-electron chi connectivity index (χ1n) is 5.60. The van der Waals surface area contributed by atoms with Crippen LogP contribution in [-0.2, 0) is 4.74 Å². The van der Waals surface area contributed by atoms with E-state index in [0.717, 1.165) is 0 Å². The highest BCUT2D eigenvalue weighted by atomic mass is 16.6. The fourth-order valence-corrected chi connectivity index (χ4v) is 1.58. The van der Waals surface area contributed by atoms with Crippen LogP contribution >= 0.6 is 0 Å². The summed E-state index contributed by atoms with van der Waals surface area (Å²) in [6, 6.07) is 2.95. The minimum atomic E-state index is -0.717. The molecule has 1 fully saturated rings. The Morgan fingerprint density at radius 3 is 2.67 bits per heavy atom. The first-order valence-corrected chi connectivity index (χ1v) is 5.60. The summed E-state index contributed by atoms with van der Waals surface area (Å²) in [6.45, 7) is 2.47. The lowest BCUT2D eigenvalue weighted by Gasteiger charge is -2.25. The summed E-state index contributed by atoms with van der Waals surface area (Å²) in [5.41, 5.74) is 5.60. The van der Waals surface area contributed by atoms with E-state index in [4.69, 9.17) is 10.5 Å². The number of anilines is 1. The highest BCUT2D eigenvalue weighted by molar-refractivity contribution is 5.96. The van der Waals surface area contributed by atoms with E-state index in [1.54, 1.807) is 0 Å². The zero-order valence-electron chi connectivity index (χ0n) is 9.76. The third-order valence-electron chi connectivity index (χ3n) is 2.58. The summed E-state index contributed by atoms with van der Waals surface area (Å²) < 4.78 is 4.76. The Balaban J connectivity index is 1.94. The Morgan fingerprint density at radius 2 is 2.06 bits per heavy atom. The van der Waals surface area contributed by atoms with Crippen LogP contribution in [0.1, 0.15) is 10.4 Å². The molecule has 7 heteroatoms. The fourth-order valence-electron chi connectivity index (χ4n) is 1.58. The van der Waals surface area contributed by atoms with Gasteiger partial charge >= 0.3 is 12.1 Å². The average Bonchev–Trinajstić information content (AvgIpc) is 2.40. The van der Waals surface area contributed by atoms with Crippen molar-refractivity contribution in [1.82, 2.24) is 15.2 Å². The number of nitrogen functional groups attached to an aromatic ring is 1. The largest absolute Gasteiger partial charge is 0.417 e. The van der Waals surface area contributed by atoms with Crippen LogP contribution in [0.5, 0.6) is 0 Å². The molecule has 96 valence electrons. The van der Waals surface area contributed by atoms with Gasteiger partial charge in [-0.3, -0.25) is 0 Å². The molecule has 7 nitrogen and oxygen atoms in total. The number of hydrogen-bond donors (Lipinski definition) is 2. The van der Waals surface area contributed by atoms with Crippen molar-refractivity contribution in [2.45, 2.75) is 0 Å². The molecule has 0 atom stereocenters. The molecule has 0 bridgehead atoms. The second-order valence-electron chi connectivity index (χ2n) is 3.86. The molecule has 0 saturated carbocycles. The van der Waals surface area contributed by atoms with Crippen molar-refractivity contribution in [2.24, 2.45) is 0 Å². The number of piperazine rings is 1. The van der Waals surface area contributed by atoms with Gasteiger partial charge < -0.3 is 20.7 Å². The Bertz CT molecular complexity index is 440. The van der Waals surface area contributed by atoms with Crippen molar-refractivity contribution >= 4 is 17.9 Å². The lowest BCUT2D eigenvalue weighted by atomic mass is 10.3. The quantitative estimate of drug-likeness (QED) is 0.531. The molecule has 2 heterocycles. The molecule has 3 N–H and O–H groups in total. The highest BCUT2D eigenvalue weighted by Gasteiger charge is 2.21. The third-order valence-corrected chi connectivity index (χ3v) is 2.58.